The third kappa shape index (κ3) is 2.04. The summed E-state index contributed by atoms with van der Waals surface area (Å²) in [6.45, 7) is 6.00. The summed E-state index contributed by atoms with van der Waals surface area (Å²) in [5.41, 5.74) is 0. The van der Waals surface area contributed by atoms with E-state index in [1.165, 1.54) is 6.07 Å². The second-order valence-corrected chi connectivity index (χ2v) is 6.28. The zero-order valence-electron chi connectivity index (χ0n) is 11.8. The van der Waals surface area contributed by atoms with Crippen molar-refractivity contribution >= 4 is 42.4 Å². The van der Waals surface area contributed by atoms with Gasteiger partial charge in [-0.15, -0.1) is 13.2 Å². The zero-order chi connectivity index (χ0) is 15.9. The second kappa shape index (κ2) is 5.09. The van der Waals surface area contributed by atoms with E-state index in [1.54, 1.807) is 12.1 Å². The number of benzene rings is 4. The molecular formula is C18H14O3S. The molecule has 4 heteroatoms. The first-order chi connectivity index (χ1) is 10.6. The maximum Gasteiger partial charge on any atom is 0.295 e. The fourth-order valence-electron chi connectivity index (χ4n) is 2.93. The molecule has 0 atom stereocenters. The molecule has 0 fully saturated rings. The van der Waals surface area contributed by atoms with Crippen LogP contribution in [0.3, 0.4) is 0 Å². The average Bonchev–Trinajstić information content (AvgIpc) is 2.53. The maximum absolute atomic E-state index is 11.5. The Hall–Kier alpha value is -2.43. The molecule has 0 aliphatic rings. The molecule has 0 saturated heterocycles. The molecule has 0 bridgehead atoms. The van der Waals surface area contributed by atoms with Gasteiger partial charge in [0.2, 0.25) is 0 Å². The van der Waals surface area contributed by atoms with Crippen molar-refractivity contribution in [3.8, 4) is 0 Å². The van der Waals surface area contributed by atoms with Gasteiger partial charge in [0.05, 0.1) is 0 Å². The Kier molecular flexibility index (Phi) is 3.35. The Morgan fingerprint density at radius 2 is 1.23 bits per heavy atom. The van der Waals surface area contributed by atoms with E-state index >= 15 is 0 Å². The van der Waals surface area contributed by atoms with Crippen molar-refractivity contribution in [3.63, 3.8) is 0 Å². The fourth-order valence-corrected chi connectivity index (χ4v) is 3.62. The molecule has 4 aromatic rings. The third-order valence-corrected chi connectivity index (χ3v) is 4.68. The van der Waals surface area contributed by atoms with E-state index in [2.05, 4.69) is 13.2 Å². The number of hydrogen-bond acceptors (Lipinski definition) is 2. The van der Waals surface area contributed by atoms with Gasteiger partial charge in [0.15, 0.2) is 0 Å². The molecule has 0 unspecified atom stereocenters. The van der Waals surface area contributed by atoms with Gasteiger partial charge < -0.3 is 0 Å². The van der Waals surface area contributed by atoms with Crippen LogP contribution >= 0.6 is 0 Å². The van der Waals surface area contributed by atoms with Crippen LogP contribution in [0.25, 0.3) is 32.3 Å². The molecule has 4 aromatic carbocycles. The van der Waals surface area contributed by atoms with E-state index in [4.69, 9.17) is 0 Å². The van der Waals surface area contributed by atoms with E-state index in [-0.39, 0.29) is 4.90 Å². The topological polar surface area (TPSA) is 54.4 Å². The Labute approximate surface area is 128 Å². The molecule has 0 aliphatic heterocycles. The summed E-state index contributed by atoms with van der Waals surface area (Å²) in [4.78, 5) is -0.0387. The van der Waals surface area contributed by atoms with Gasteiger partial charge >= 0.3 is 0 Å². The van der Waals surface area contributed by atoms with Crippen LogP contribution in [-0.4, -0.2) is 13.0 Å². The highest BCUT2D eigenvalue weighted by Gasteiger charge is 2.17. The van der Waals surface area contributed by atoms with Crippen molar-refractivity contribution in [2.75, 3.05) is 0 Å². The monoisotopic (exact) mass is 310 g/mol. The van der Waals surface area contributed by atoms with Gasteiger partial charge in [-0.3, -0.25) is 4.55 Å². The summed E-state index contributed by atoms with van der Waals surface area (Å²) in [7, 11) is -4.23. The molecule has 0 spiro atoms. The van der Waals surface area contributed by atoms with Crippen LogP contribution in [0.4, 0.5) is 0 Å². The van der Waals surface area contributed by atoms with Crippen LogP contribution in [0.2, 0.25) is 0 Å². The summed E-state index contributed by atoms with van der Waals surface area (Å²) in [5, 5.41) is 5.58. The van der Waals surface area contributed by atoms with Crippen LogP contribution < -0.4 is 0 Å². The van der Waals surface area contributed by atoms with Crippen LogP contribution in [0.5, 0.6) is 0 Å². The average molecular weight is 310 g/mol. The summed E-state index contributed by atoms with van der Waals surface area (Å²) >= 11 is 0. The van der Waals surface area contributed by atoms with Gasteiger partial charge in [-0.25, -0.2) is 0 Å². The third-order valence-electron chi connectivity index (χ3n) is 3.77. The lowest BCUT2D eigenvalue weighted by atomic mass is 9.94. The highest BCUT2D eigenvalue weighted by Crippen LogP contribution is 2.36. The molecule has 0 amide bonds. The van der Waals surface area contributed by atoms with Crippen molar-refractivity contribution in [3.05, 3.63) is 67.8 Å². The number of rotatable bonds is 1. The molecule has 4 rings (SSSR count). The Morgan fingerprint density at radius 3 is 1.82 bits per heavy atom. The predicted molar refractivity (Wildman–Crippen MR) is 91.2 cm³/mol. The van der Waals surface area contributed by atoms with E-state index in [9.17, 15) is 13.0 Å². The molecular weight excluding hydrogens is 296 g/mol. The molecule has 0 aromatic heterocycles. The van der Waals surface area contributed by atoms with Crippen molar-refractivity contribution in [1.29, 1.82) is 0 Å². The number of hydrogen-bond donors (Lipinski definition) is 1. The van der Waals surface area contributed by atoms with Gasteiger partial charge in [0, 0.05) is 5.39 Å². The first-order valence-electron chi connectivity index (χ1n) is 6.70. The maximum atomic E-state index is 11.5. The molecule has 110 valence electrons. The van der Waals surface area contributed by atoms with Crippen LogP contribution in [0, 0.1) is 0 Å². The van der Waals surface area contributed by atoms with Gasteiger partial charge in [-0.05, 0) is 33.0 Å². The Morgan fingerprint density at radius 1 is 0.727 bits per heavy atom. The van der Waals surface area contributed by atoms with Crippen molar-refractivity contribution < 1.29 is 13.0 Å². The van der Waals surface area contributed by atoms with E-state index in [0.29, 0.717) is 5.39 Å². The fraction of sp³-hybridized carbons (Fsp3) is 0. The standard InChI is InChI=1S/C16H10O3S.C2H4/c17-20(18,19)14-9-7-12-5-4-10-2-1-3-11-6-8-13(14)16(12)15(10)11;1-2/h1-9H,(H,17,18,19);1-2H2. The quantitative estimate of drug-likeness (QED) is 0.317. The smallest absolute Gasteiger partial charge is 0.282 e. The minimum Gasteiger partial charge on any atom is -0.282 e. The van der Waals surface area contributed by atoms with Gasteiger partial charge in [0.25, 0.3) is 10.1 Å². The summed E-state index contributed by atoms with van der Waals surface area (Å²) in [6.07, 6.45) is 0. The summed E-state index contributed by atoms with van der Waals surface area (Å²) in [6, 6.07) is 16.8. The lowest BCUT2D eigenvalue weighted by molar-refractivity contribution is 0.484. The molecule has 0 radical (unpaired) electrons. The molecule has 22 heavy (non-hydrogen) atoms. The lowest BCUT2D eigenvalue weighted by Gasteiger charge is -2.12. The summed E-state index contributed by atoms with van der Waals surface area (Å²) in [5.74, 6) is 0. The predicted octanol–water partition coefficient (Wildman–Crippen LogP) is 4.63. The minimum atomic E-state index is -4.23. The summed E-state index contributed by atoms with van der Waals surface area (Å²) < 4.78 is 32.5. The van der Waals surface area contributed by atoms with Gasteiger partial charge in [0.1, 0.15) is 4.90 Å². The van der Waals surface area contributed by atoms with Gasteiger partial charge in [-0.2, -0.15) is 8.42 Å². The van der Waals surface area contributed by atoms with Crippen molar-refractivity contribution in [1.82, 2.24) is 0 Å². The van der Waals surface area contributed by atoms with Crippen LogP contribution in [0.15, 0.2) is 72.7 Å². The Balaban J connectivity index is 0.000000693. The highest BCUT2D eigenvalue weighted by atomic mass is 32.2. The molecule has 0 aliphatic carbocycles. The first-order valence-corrected chi connectivity index (χ1v) is 8.14. The normalized spacial score (nSPS) is 11.7. The van der Waals surface area contributed by atoms with E-state index < -0.39 is 10.1 Å². The lowest BCUT2D eigenvalue weighted by Crippen LogP contribution is -1.99. The molecule has 0 heterocycles. The second-order valence-electron chi connectivity index (χ2n) is 4.89. The zero-order valence-corrected chi connectivity index (χ0v) is 12.6. The van der Waals surface area contributed by atoms with Gasteiger partial charge in [-0.1, -0.05) is 48.5 Å². The minimum absolute atomic E-state index is 0.0387. The van der Waals surface area contributed by atoms with Crippen LogP contribution in [-0.2, 0) is 10.1 Å². The SMILES string of the molecule is C=C.O=S(=O)(O)c1ccc2ccc3cccc4ccc1c2c34. The Bertz CT molecular complexity index is 1070. The van der Waals surface area contributed by atoms with Crippen LogP contribution in [0.1, 0.15) is 0 Å². The molecule has 3 nitrogen and oxygen atoms in total. The largest absolute Gasteiger partial charge is 0.295 e. The van der Waals surface area contributed by atoms with Crippen molar-refractivity contribution in [2.45, 2.75) is 4.90 Å². The van der Waals surface area contributed by atoms with Crippen molar-refractivity contribution in [2.24, 2.45) is 0 Å². The van der Waals surface area contributed by atoms with E-state index in [1.807, 2.05) is 36.4 Å². The van der Waals surface area contributed by atoms with E-state index in [0.717, 1.165) is 26.9 Å². The molecule has 0 saturated carbocycles. The highest BCUT2D eigenvalue weighted by molar-refractivity contribution is 7.86. The molecule has 1 N–H and O–H groups in total. The first kappa shape index (κ1) is 14.5.